The maximum Gasteiger partial charge on any atom is 0.319 e. The topological polar surface area (TPSA) is 101 Å². The molecule has 2 aromatic rings. The predicted molar refractivity (Wildman–Crippen MR) is 96.4 cm³/mol. The van der Waals surface area contributed by atoms with E-state index in [0.717, 1.165) is 12.4 Å². The normalized spacial score (nSPS) is 16.0. The zero-order valence-corrected chi connectivity index (χ0v) is 15.0. The minimum absolute atomic E-state index is 0.101. The Morgan fingerprint density at radius 2 is 2.19 bits per heavy atom. The molecule has 3 amide bonds. The van der Waals surface area contributed by atoms with Crippen molar-refractivity contribution in [3.05, 3.63) is 30.4 Å². The molecule has 1 atom stereocenters. The second-order valence-electron chi connectivity index (χ2n) is 6.00. The van der Waals surface area contributed by atoms with Gasteiger partial charge in [0, 0.05) is 38.3 Å². The number of benzene rings is 1. The molecule has 0 saturated heterocycles. The molecule has 0 spiro atoms. The first-order chi connectivity index (χ1) is 12.5. The van der Waals surface area contributed by atoms with Crippen molar-refractivity contribution in [3.8, 4) is 5.75 Å². The Morgan fingerprint density at radius 1 is 1.38 bits per heavy atom. The second kappa shape index (κ2) is 7.42. The number of carbonyl (C=O) groups excluding carboxylic acids is 2. The number of nitrogens with zero attached hydrogens (tertiary/aromatic N) is 4. The lowest BCUT2D eigenvalue weighted by atomic mass is 10.2. The van der Waals surface area contributed by atoms with Gasteiger partial charge in [0.25, 0.3) is 5.91 Å². The summed E-state index contributed by atoms with van der Waals surface area (Å²) in [6.45, 7) is 4.94. The van der Waals surface area contributed by atoms with Gasteiger partial charge in [0.2, 0.25) is 0 Å². The molecule has 0 unspecified atom stereocenters. The van der Waals surface area contributed by atoms with E-state index in [-0.39, 0.29) is 11.9 Å². The van der Waals surface area contributed by atoms with Crippen molar-refractivity contribution in [2.24, 2.45) is 0 Å². The number of aromatic nitrogens is 3. The van der Waals surface area contributed by atoms with Gasteiger partial charge in [0.1, 0.15) is 17.9 Å². The lowest BCUT2D eigenvalue weighted by molar-refractivity contribution is -0.125. The number of fused-ring (bicyclic) bond motifs is 1. The van der Waals surface area contributed by atoms with Gasteiger partial charge in [-0.1, -0.05) is 0 Å². The lowest BCUT2D eigenvalue weighted by Gasteiger charge is -2.30. The minimum atomic E-state index is -0.549. The average Bonchev–Trinajstić information content (AvgIpc) is 3.07. The van der Waals surface area contributed by atoms with Crippen LogP contribution >= 0.6 is 0 Å². The van der Waals surface area contributed by atoms with Crippen LogP contribution in [0.4, 0.5) is 16.2 Å². The van der Waals surface area contributed by atoms with Crippen LogP contribution in [-0.4, -0.2) is 46.4 Å². The zero-order chi connectivity index (χ0) is 18.7. The van der Waals surface area contributed by atoms with E-state index in [1.165, 1.54) is 0 Å². The Labute approximate surface area is 151 Å². The van der Waals surface area contributed by atoms with Crippen LogP contribution in [0.15, 0.2) is 24.5 Å². The first kappa shape index (κ1) is 17.7. The number of aryl methyl sites for hydroxylation is 1. The van der Waals surface area contributed by atoms with Crippen LogP contribution in [0.2, 0.25) is 0 Å². The molecule has 0 fully saturated rings. The molecule has 1 aliphatic heterocycles. The highest BCUT2D eigenvalue weighted by atomic mass is 16.5. The summed E-state index contributed by atoms with van der Waals surface area (Å²) in [5.41, 5.74) is 1.27. The molecule has 1 aromatic carbocycles. The number of amides is 3. The average molecular weight is 358 g/mol. The highest BCUT2D eigenvalue weighted by Gasteiger charge is 2.28. The molecule has 0 aliphatic carbocycles. The van der Waals surface area contributed by atoms with Crippen molar-refractivity contribution in [3.63, 3.8) is 0 Å². The quantitative estimate of drug-likeness (QED) is 0.841. The molecule has 138 valence electrons. The third-order valence-electron chi connectivity index (χ3n) is 4.23. The number of ether oxygens (including phenoxy) is 1. The van der Waals surface area contributed by atoms with Crippen LogP contribution < -0.4 is 20.3 Å². The van der Waals surface area contributed by atoms with Gasteiger partial charge in [-0.3, -0.25) is 4.79 Å². The van der Waals surface area contributed by atoms with E-state index >= 15 is 0 Å². The maximum atomic E-state index is 12.1. The van der Waals surface area contributed by atoms with E-state index in [4.69, 9.17) is 4.74 Å². The molecule has 1 aliphatic rings. The Bertz CT molecular complexity index is 819. The van der Waals surface area contributed by atoms with Crippen molar-refractivity contribution < 1.29 is 14.3 Å². The van der Waals surface area contributed by atoms with E-state index in [2.05, 4.69) is 20.8 Å². The summed E-state index contributed by atoms with van der Waals surface area (Å²) < 4.78 is 7.54. The minimum Gasteiger partial charge on any atom is -0.479 e. The standard InChI is InChI=1S/C17H22N6O3/c1-4-23-10-19-21-15(23)7-8-18-17(25)20-12-5-6-13-14(9-12)26-11(2)16(24)22(13)3/h5-6,9-11H,4,7-8H2,1-3H3,(H2,18,20,25)/t11-/m1/s1. The van der Waals surface area contributed by atoms with Gasteiger partial charge < -0.3 is 24.8 Å². The van der Waals surface area contributed by atoms with Gasteiger partial charge in [-0.15, -0.1) is 10.2 Å². The Kier molecular flexibility index (Phi) is 5.06. The van der Waals surface area contributed by atoms with Crippen molar-refractivity contribution in [1.29, 1.82) is 0 Å². The smallest absolute Gasteiger partial charge is 0.319 e. The SMILES string of the molecule is CCn1cnnc1CCNC(=O)Nc1ccc2c(c1)O[C@H](C)C(=O)N2C. The number of likely N-dealkylation sites (N-methyl/N-ethyl adjacent to an activating group) is 1. The Balaban J connectivity index is 1.56. The van der Waals surface area contributed by atoms with E-state index in [1.54, 1.807) is 43.4 Å². The largest absolute Gasteiger partial charge is 0.479 e. The second-order valence-corrected chi connectivity index (χ2v) is 6.00. The van der Waals surface area contributed by atoms with E-state index in [0.29, 0.717) is 30.1 Å². The molecule has 0 saturated carbocycles. The molecule has 9 nitrogen and oxygen atoms in total. The van der Waals surface area contributed by atoms with Crippen LogP contribution in [-0.2, 0) is 17.8 Å². The fraction of sp³-hybridized carbons (Fsp3) is 0.412. The van der Waals surface area contributed by atoms with Gasteiger partial charge in [-0.25, -0.2) is 4.79 Å². The summed E-state index contributed by atoms with van der Waals surface area (Å²) in [5.74, 6) is 1.29. The molecule has 0 radical (unpaired) electrons. The first-order valence-corrected chi connectivity index (χ1v) is 8.49. The summed E-state index contributed by atoms with van der Waals surface area (Å²) >= 11 is 0. The van der Waals surface area contributed by atoms with Crippen LogP contribution in [0.5, 0.6) is 5.75 Å². The summed E-state index contributed by atoms with van der Waals surface area (Å²) in [5, 5.41) is 13.4. The molecular formula is C17H22N6O3. The van der Waals surface area contributed by atoms with Crippen molar-refractivity contribution in [2.45, 2.75) is 32.9 Å². The van der Waals surface area contributed by atoms with Crippen molar-refractivity contribution >= 4 is 23.3 Å². The highest BCUT2D eigenvalue weighted by molar-refractivity contribution is 6.00. The van der Waals surface area contributed by atoms with E-state index in [9.17, 15) is 9.59 Å². The molecule has 1 aromatic heterocycles. The Morgan fingerprint density at radius 3 is 2.96 bits per heavy atom. The lowest BCUT2D eigenvalue weighted by Crippen LogP contribution is -2.42. The number of hydrogen-bond acceptors (Lipinski definition) is 5. The monoisotopic (exact) mass is 358 g/mol. The molecule has 26 heavy (non-hydrogen) atoms. The maximum absolute atomic E-state index is 12.1. The van der Waals surface area contributed by atoms with Crippen LogP contribution in [0.3, 0.4) is 0 Å². The number of urea groups is 1. The van der Waals surface area contributed by atoms with Gasteiger partial charge in [-0.2, -0.15) is 0 Å². The third-order valence-corrected chi connectivity index (χ3v) is 4.23. The van der Waals surface area contributed by atoms with Gasteiger partial charge in [-0.05, 0) is 26.0 Å². The first-order valence-electron chi connectivity index (χ1n) is 8.49. The summed E-state index contributed by atoms with van der Waals surface area (Å²) in [6.07, 6.45) is 1.72. The predicted octanol–water partition coefficient (Wildman–Crippen LogP) is 1.41. The van der Waals surface area contributed by atoms with Gasteiger partial charge >= 0.3 is 6.03 Å². The number of hydrogen-bond donors (Lipinski definition) is 2. The van der Waals surface area contributed by atoms with Crippen LogP contribution in [0.1, 0.15) is 19.7 Å². The summed E-state index contributed by atoms with van der Waals surface area (Å²) in [4.78, 5) is 25.5. The van der Waals surface area contributed by atoms with Crippen LogP contribution in [0.25, 0.3) is 0 Å². The molecule has 9 heteroatoms. The third kappa shape index (κ3) is 3.61. The number of anilines is 2. The van der Waals surface area contributed by atoms with Gasteiger partial charge in [0.05, 0.1) is 5.69 Å². The molecular weight excluding hydrogens is 336 g/mol. The number of nitrogens with one attached hydrogen (secondary N) is 2. The molecule has 0 bridgehead atoms. The fourth-order valence-corrected chi connectivity index (χ4v) is 2.80. The number of carbonyl (C=O) groups is 2. The van der Waals surface area contributed by atoms with Gasteiger partial charge in [0.15, 0.2) is 6.10 Å². The summed E-state index contributed by atoms with van der Waals surface area (Å²) in [7, 11) is 1.70. The summed E-state index contributed by atoms with van der Waals surface area (Å²) in [6, 6.07) is 4.87. The van der Waals surface area contributed by atoms with Crippen molar-refractivity contribution in [2.75, 3.05) is 23.8 Å². The molecule has 3 rings (SSSR count). The van der Waals surface area contributed by atoms with E-state index < -0.39 is 6.10 Å². The molecule has 2 heterocycles. The highest BCUT2D eigenvalue weighted by Crippen LogP contribution is 2.35. The molecule has 2 N–H and O–H groups in total. The van der Waals surface area contributed by atoms with Crippen LogP contribution in [0, 0.1) is 0 Å². The fourth-order valence-electron chi connectivity index (χ4n) is 2.80. The Hall–Kier alpha value is -3.10. The van der Waals surface area contributed by atoms with E-state index in [1.807, 2.05) is 11.5 Å². The van der Waals surface area contributed by atoms with Crippen molar-refractivity contribution in [1.82, 2.24) is 20.1 Å². The number of rotatable bonds is 5. The zero-order valence-electron chi connectivity index (χ0n) is 15.0.